The Balaban J connectivity index is 1.63. The van der Waals surface area contributed by atoms with E-state index in [0.717, 1.165) is 22.0 Å². The molecule has 26 heavy (non-hydrogen) atoms. The number of rotatable bonds is 4. The number of benzene rings is 1. The van der Waals surface area contributed by atoms with E-state index in [4.69, 9.17) is 11.6 Å². The highest BCUT2D eigenvalue weighted by atomic mass is 35.5. The zero-order chi connectivity index (χ0) is 18.4. The van der Waals surface area contributed by atoms with Crippen molar-refractivity contribution in [1.82, 2.24) is 20.1 Å². The smallest absolute Gasteiger partial charge is 0.268 e. The summed E-state index contributed by atoms with van der Waals surface area (Å²) in [5.41, 5.74) is 3.25. The molecule has 7 heteroatoms. The highest BCUT2D eigenvalue weighted by molar-refractivity contribution is 6.31. The topological polar surface area (TPSA) is 82.9 Å². The van der Waals surface area contributed by atoms with Gasteiger partial charge in [-0.1, -0.05) is 11.6 Å². The lowest BCUT2D eigenvalue weighted by atomic mass is 9.75. The number of amides is 1. The van der Waals surface area contributed by atoms with E-state index in [-0.39, 0.29) is 24.0 Å². The van der Waals surface area contributed by atoms with Crippen molar-refractivity contribution in [1.29, 1.82) is 0 Å². The number of carbonyl (C=O) groups is 1. The van der Waals surface area contributed by atoms with Gasteiger partial charge in [0.15, 0.2) is 0 Å². The van der Waals surface area contributed by atoms with Gasteiger partial charge in [0.1, 0.15) is 5.69 Å². The van der Waals surface area contributed by atoms with Crippen LogP contribution in [0.1, 0.15) is 40.5 Å². The van der Waals surface area contributed by atoms with Crippen molar-refractivity contribution in [2.24, 2.45) is 13.0 Å². The number of aromatic nitrogens is 3. The molecule has 1 aromatic carbocycles. The maximum atomic E-state index is 13.0. The largest absolute Gasteiger partial charge is 0.393 e. The van der Waals surface area contributed by atoms with Gasteiger partial charge in [0.05, 0.1) is 18.3 Å². The molecule has 2 heterocycles. The fraction of sp³-hybridized carbons (Fsp3) is 0.368. The highest BCUT2D eigenvalue weighted by Gasteiger charge is 2.36. The molecule has 0 unspecified atom stereocenters. The molecular formula is C19H21ClN4O2. The Kier molecular flexibility index (Phi) is 4.25. The second kappa shape index (κ2) is 6.45. The van der Waals surface area contributed by atoms with Crippen LogP contribution in [-0.4, -0.2) is 31.9 Å². The Labute approximate surface area is 156 Å². The molecule has 0 radical (unpaired) electrons. The molecule has 0 saturated heterocycles. The Bertz CT molecular complexity index is 971. The molecule has 0 aliphatic heterocycles. The third kappa shape index (κ3) is 2.99. The Morgan fingerprint density at radius 3 is 2.88 bits per heavy atom. The van der Waals surface area contributed by atoms with Gasteiger partial charge in [-0.05, 0) is 49.4 Å². The summed E-state index contributed by atoms with van der Waals surface area (Å²) in [7, 11) is 1.85. The molecular weight excluding hydrogens is 352 g/mol. The minimum atomic E-state index is -0.284. The summed E-state index contributed by atoms with van der Waals surface area (Å²) in [4.78, 5) is 16.2. The zero-order valence-corrected chi connectivity index (χ0v) is 15.4. The lowest BCUT2D eigenvalue weighted by Gasteiger charge is -2.37. The number of fused-ring (bicyclic) bond motifs is 1. The van der Waals surface area contributed by atoms with E-state index in [1.807, 2.05) is 32.3 Å². The number of carbonyl (C=O) groups excluding carboxylic acids is 1. The van der Waals surface area contributed by atoms with E-state index >= 15 is 0 Å². The van der Waals surface area contributed by atoms with Crippen LogP contribution >= 0.6 is 11.6 Å². The Hall–Kier alpha value is -2.31. The van der Waals surface area contributed by atoms with Crippen molar-refractivity contribution in [2.45, 2.75) is 31.9 Å². The molecule has 1 fully saturated rings. The molecule has 3 N–H and O–H groups in total. The SMILES string of the molecule is Cc1c(C(=O)N[C@H](c2cnn(C)c2)C2CC(O)C2)[nH]c2ccc(Cl)cc12. The van der Waals surface area contributed by atoms with Gasteiger partial charge < -0.3 is 15.4 Å². The lowest BCUT2D eigenvalue weighted by molar-refractivity contribution is 0.0234. The van der Waals surface area contributed by atoms with Crippen molar-refractivity contribution in [3.8, 4) is 0 Å². The monoisotopic (exact) mass is 372 g/mol. The summed E-state index contributed by atoms with van der Waals surface area (Å²) in [6, 6.07) is 5.37. The standard InChI is InChI=1S/C19H21ClN4O2/c1-10-15-7-13(20)3-4-16(15)22-17(10)19(26)23-18(11-5-14(25)6-11)12-8-21-24(2)9-12/h3-4,7-9,11,14,18,22,25H,5-6H2,1-2H3,(H,23,26)/t11?,14?,18-/m0/s1. The van der Waals surface area contributed by atoms with E-state index in [1.54, 1.807) is 16.9 Å². The van der Waals surface area contributed by atoms with E-state index in [2.05, 4.69) is 15.4 Å². The number of hydrogen-bond donors (Lipinski definition) is 3. The molecule has 0 spiro atoms. The van der Waals surface area contributed by atoms with Crippen LogP contribution in [0.15, 0.2) is 30.6 Å². The van der Waals surface area contributed by atoms with Crippen molar-refractivity contribution in [3.05, 3.63) is 52.4 Å². The van der Waals surface area contributed by atoms with Gasteiger partial charge in [-0.3, -0.25) is 9.48 Å². The number of aliphatic hydroxyl groups is 1. The van der Waals surface area contributed by atoms with Crippen molar-refractivity contribution in [3.63, 3.8) is 0 Å². The molecule has 1 aliphatic carbocycles. The number of hydrogen-bond acceptors (Lipinski definition) is 3. The maximum Gasteiger partial charge on any atom is 0.268 e. The molecule has 3 aromatic rings. The van der Waals surface area contributed by atoms with Crippen LogP contribution in [0.2, 0.25) is 5.02 Å². The van der Waals surface area contributed by atoms with Crippen LogP contribution in [0.25, 0.3) is 10.9 Å². The number of aryl methyl sites for hydroxylation is 2. The summed E-state index contributed by atoms with van der Waals surface area (Å²) in [5.74, 6) is 0.0438. The molecule has 1 amide bonds. The molecule has 1 aliphatic rings. The number of nitrogens with zero attached hydrogens (tertiary/aromatic N) is 2. The van der Waals surface area contributed by atoms with Crippen LogP contribution < -0.4 is 5.32 Å². The van der Waals surface area contributed by atoms with E-state index in [9.17, 15) is 9.90 Å². The average Bonchev–Trinajstić information content (AvgIpc) is 3.14. The first-order valence-electron chi connectivity index (χ1n) is 8.67. The van der Waals surface area contributed by atoms with Crippen LogP contribution in [-0.2, 0) is 7.05 Å². The Morgan fingerprint density at radius 1 is 1.46 bits per heavy atom. The van der Waals surface area contributed by atoms with Gasteiger partial charge >= 0.3 is 0 Å². The maximum absolute atomic E-state index is 13.0. The fourth-order valence-electron chi connectivity index (χ4n) is 3.72. The first-order valence-corrected chi connectivity index (χ1v) is 9.05. The van der Waals surface area contributed by atoms with Crippen molar-refractivity contribution >= 4 is 28.4 Å². The van der Waals surface area contributed by atoms with Crippen LogP contribution in [0.5, 0.6) is 0 Å². The molecule has 1 atom stereocenters. The van der Waals surface area contributed by atoms with Crippen LogP contribution in [0, 0.1) is 12.8 Å². The summed E-state index contributed by atoms with van der Waals surface area (Å²) in [5, 5.41) is 18.6. The normalized spacial score (nSPS) is 20.8. The Morgan fingerprint density at radius 2 is 2.23 bits per heavy atom. The molecule has 0 bridgehead atoms. The van der Waals surface area contributed by atoms with Gasteiger partial charge in [-0.2, -0.15) is 5.10 Å². The first kappa shape index (κ1) is 17.1. The van der Waals surface area contributed by atoms with E-state index in [0.29, 0.717) is 23.6 Å². The summed E-state index contributed by atoms with van der Waals surface area (Å²) in [6.07, 6.45) is 4.76. The third-order valence-electron chi connectivity index (χ3n) is 5.24. The molecule has 1 saturated carbocycles. The van der Waals surface area contributed by atoms with Gasteiger partial charge in [0.25, 0.3) is 5.91 Å². The molecule has 4 rings (SSSR count). The zero-order valence-electron chi connectivity index (χ0n) is 14.7. The van der Waals surface area contributed by atoms with Gasteiger partial charge in [0.2, 0.25) is 0 Å². The molecule has 6 nitrogen and oxygen atoms in total. The van der Waals surface area contributed by atoms with E-state index in [1.165, 1.54) is 0 Å². The fourth-order valence-corrected chi connectivity index (χ4v) is 3.89. The number of H-pyrrole nitrogens is 1. The second-order valence-electron chi connectivity index (χ2n) is 7.10. The number of aromatic amines is 1. The predicted molar refractivity (Wildman–Crippen MR) is 100 cm³/mol. The minimum Gasteiger partial charge on any atom is -0.393 e. The number of nitrogens with one attached hydrogen (secondary N) is 2. The number of aliphatic hydroxyl groups excluding tert-OH is 1. The van der Waals surface area contributed by atoms with Crippen molar-refractivity contribution in [2.75, 3.05) is 0 Å². The number of halogens is 1. The highest BCUT2D eigenvalue weighted by Crippen LogP contribution is 2.38. The minimum absolute atomic E-state index is 0.162. The van der Waals surface area contributed by atoms with Gasteiger partial charge in [-0.25, -0.2) is 0 Å². The van der Waals surface area contributed by atoms with Crippen LogP contribution in [0.4, 0.5) is 0 Å². The average molecular weight is 373 g/mol. The van der Waals surface area contributed by atoms with Crippen LogP contribution in [0.3, 0.4) is 0 Å². The molecule has 136 valence electrons. The summed E-state index contributed by atoms with van der Waals surface area (Å²) in [6.45, 7) is 1.91. The summed E-state index contributed by atoms with van der Waals surface area (Å²) < 4.78 is 1.72. The molecule has 2 aromatic heterocycles. The summed E-state index contributed by atoms with van der Waals surface area (Å²) >= 11 is 6.08. The third-order valence-corrected chi connectivity index (χ3v) is 5.47. The van der Waals surface area contributed by atoms with Crippen molar-refractivity contribution < 1.29 is 9.90 Å². The van der Waals surface area contributed by atoms with Gasteiger partial charge in [0, 0.05) is 34.7 Å². The van der Waals surface area contributed by atoms with E-state index < -0.39 is 0 Å². The second-order valence-corrected chi connectivity index (χ2v) is 7.54. The lowest BCUT2D eigenvalue weighted by Crippen LogP contribution is -2.41. The van der Waals surface area contributed by atoms with Gasteiger partial charge in [-0.15, -0.1) is 0 Å². The predicted octanol–water partition coefficient (Wildman–Crippen LogP) is 3.11. The first-order chi connectivity index (χ1) is 12.4. The quantitative estimate of drug-likeness (QED) is 0.658.